The average molecular weight is 533 g/mol. The Bertz CT molecular complexity index is 1340. The predicted octanol–water partition coefficient (Wildman–Crippen LogP) is 3.02. The first-order valence-electron chi connectivity index (χ1n) is 13.2. The number of hydrogen-bond acceptors (Lipinski definition) is 7. The number of allylic oxidation sites excluding steroid dienone is 2. The van der Waals surface area contributed by atoms with Crippen molar-refractivity contribution in [3.05, 3.63) is 59.7 Å². The number of benzene rings is 2. The van der Waals surface area contributed by atoms with Gasteiger partial charge in [0.05, 0.1) is 46.3 Å². The Labute approximate surface area is 227 Å². The number of amides is 3. The van der Waals surface area contributed by atoms with E-state index < -0.39 is 12.1 Å². The number of likely N-dealkylation sites (tertiary alicyclic amines) is 2. The highest BCUT2D eigenvalue weighted by molar-refractivity contribution is 6.10. The molecule has 6 unspecified atom stereocenters. The van der Waals surface area contributed by atoms with Gasteiger partial charge in [-0.15, -0.1) is 0 Å². The highest BCUT2D eigenvalue weighted by Crippen LogP contribution is 2.55. The van der Waals surface area contributed by atoms with Gasteiger partial charge in [0.15, 0.2) is 23.0 Å². The Balaban J connectivity index is 1.33. The molecule has 39 heavy (non-hydrogen) atoms. The van der Waals surface area contributed by atoms with Gasteiger partial charge < -0.3 is 23.8 Å². The van der Waals surface area contributed by atoms with Crippen molar-refractivity contribution in [3.8, 4) is 23.0 Å². The number of ether oxygens (including phenoxy) is 4. The lowest BCUT2D eigenvalue weighted by Gasteiger charge is -2.50. The summed E-state index contributed by atoms with van der Waals surface area (Å²) in [5, 5.41) is 0. The SMILES string of the molecule is COc1ccc(CCN2C(=O)C(N3C(=O)C4C5C=CC(C5)C4C3=O)C2c2cccc(OC)c2OC)cc1OC. The van der Waals surface area contributed by atoms with Crippen LogP contribution in [0.4, 0.5) is 0 Å². The van der Waals surface area contributed by atoms with E-state index in [-0.39, 0.29) is 41.4 Å². The number of imide groups is 1. The first-order chi connectivity index (χ1) is 18.9. The second kappa shape index (κ2) is 9.63. The number of hydrogen-bond donors (Lipinski definition) is 0. The second-order valence-corrected chi connectivity index (χ2v) is 10.5. The molecule has 2 heterocycles. The third-order valence-corrected chi connectivity index (χ3v) is 8.79. The molecule has 2 aromatic rings. The smallest absolute Gasteiger partial charge is 0.248 e. The molecule has 3 fully saturated rings. The van der Waals surface area contributed by atoms with Crippen molar-refractivity contribution < 1.29 is 33.3 Å². The van der Waals surface area contributed by atoms with Crippen molar-refractivity contribution in [1.29, 1.82) is 0 Å². The number of carbonyl (C=O) groups excluding carboxylic acids is 3. The monoisotopic (exact) mass is 532 g/mol. The second-order valence-electron chi connectivity index (χ2n) is 10.5. The molecule has 1 saturated carbocycles. The number of methoxy groups -OCH3 is 4. The minimum Gasteiger partial charge on any atom is -0.493 e. The zero-order chi connectivity index (χ0) is 27.4. The summed E-state index contributed by atoms with van der Waals surface area (Å²) in [5.41, 5.74) is 1.67. The van der Waals surface area contributed by atoms with E-state index in [1.54, 1.807) is 39.4 Å². The first-order valence-corrected chi connectivity index (χ1v) is 13.2. The van der Waals surface area contributed by atoms with Crippen LogP contribution in [0.2, 0.25) is 0 Å². The lowest BCUT2D eigenvalue weighted by Crippen LogP contribution is -2.67. The molecule has 2 aliphatic heterocycles. The van der Waals surface area contributed by atoms with E-state index in [2.05, 4.69) is 12.2 Å². The van der Waals surface area contributed by atoms with E-state index in [4.69, 9.17) is 18.9 Å². The molecule has 2 bridgehead atoms. The van der Waals surface area contributed by atoms with Crippen molar-refractivity contribution in [2.24, 2.45) is 23.7 Å². The van der Waals surface area contributed by atoms with Gasteiger partial charge in [0.2, 0.25) is 17.7 Å². The van der Waals surface area contributed by atoms with E-state index in [0.29, 0.717) is 41.5 Å². The lowest BCUT2D eigenvalue weighted by atomic mass is 9.85. The van der Waals surface area contributed by atoms with Gasteiger partial charge in [0, 0.05) is 12.1 Å². The van der Waals surface area contributed by atoms with Crippen molar-refractivity contribution in [1.82, 2.24) is 9.80 Å². The fraction of sp³-hybridized carbons (Fsp3) is 0.433. The van der Waals surface area contributed by atoms with Crippen LogP contribution in [-0.4, -0.2) is 68.5 Å². The van der Waals surface area contributed by atoms with Crippen LogP contribution in [-0.2, 0) is 20.8 Å². The van der Waals surface area contributed by atoms with E-state index in [1.807, 2.05) is 30.3 Å². The van der Waals surface area contributed by atoms with Crippen LogP contribution in [0.25, 0.3) is 0 Å². The average Bonchev–Trinajstić information content (AvgIpc) is 3.65. The number of nitrogens with zero attached hydrogens (tertiary/aromatic N) is 2. The number of carbonyl (C=O) groups is 3. The summed E-state index contributed by atoms with van der Waals surface area (Å²) in [6, 6.07) is 9.66. The molecule has 0 spiro atoms. The molecule has 2 aliphatic carbocycles. The zero-order valence-corrected chi connectivity index (χ0v) is 22.5. The van der Waals surface area contributed by atoms with Gasteiger partial charge in [-0.1, -0.05) is 30.4 Å². The van der Waals surface area contributed by atoms with Crippen molar-refractivity contribution in [2.75, 3.05) is 35.0 Å². The normalized spacial score (nSPS) is 28.6. The van der Waals surface area contributed by atoms with E-state index in [9.17, 15) is 14.4 Å². The summed E-state index contributed by atoms with van der Waals surface area (Å²) in [6.07, 6.45) is 5.49. The van der Waals surface area contributed by atoms with Crippen LogP contribution >= 0.6 is 0 Å². The van der Waals surface area contributed by atoms with E-state index in [1.165, 1.54) is 4.90 Å². The number of para-hydroxylation sites is 1. The summed E-state index contributed by atoms with van der Waals surface area (Å²) in [7, 11) is 6.26. The van der Waals surface area contributed by atoms with E-state index >= 15 is 0 Å². The lowest BCUT2D eigenvalue weighted by molar-refractivity contribution is -0.169. The Kier molecular flexibility index (Phi) is 6.24. The maximum absolute atomic E-state index is 13.8. The Morgan fingerprint density at radius 3 is 2.03 bits per heavy atom. The van der Waals surface area contributed by atoms with Gasteiger partial charge in [0.1, 0.15) is 6.04 Å². The number of fused-ring (bicyclic) bond motifs is 5. The van der Waals surface area contributed by atoms with Gasteiger partial charge >= 0.3 is 0 Å². The van der Waals surface area contributed by atoms with Crippen LogP contribution in [0.5, 0.6) is 23.0 Å². The summed E-state index contributed by atoms with van der Waals surface area (Å²) >= 11 is 0. The maximum atomic E-state index is 13.8. The Morgan fingerprint density at radius 2 is 1.41 bits per heavy atom. The van der Waals surface area contributed by atoms with Gasteiger partial charge in [-0.05, 0) is 48.4 Å². The summed E-state index contributed by atoms with van der Waals surface area (Å²) in [4.78, 5) is 44.1. The Morgan fingerprint density at radius 1 is 0.744 bits per heavy atom. The topological polar surface area (TPSA) is 94.6 Å². The standard InChI is InChI=1S/C30H32N2O7/c1-36-20-11-8-16(14-22(20)38-3)12-13-31-25(19-6-5-7-21(37-2)27(19)39-4)26(30(31)35)32-28(33)23-17-9-10-18(15-17)24(23)29(32)34/h5-11,14,17-18,23-26H,12-13,15H2,1-4H3. The van der Waals surface area contributed by atoms with Gasteiger partial charge in [-0.25, -0.2) is 0 Å². The number of rotatable bonds is 9. The molecular weight excluding hydrogens is 500 g/mol. The first kappa shape index (κ1) is 25.3. The number of β-lactam (4-membered cyclic amide) rings is 1. The maximum Gasteiger partial charge on any atom is 0.248 e. The van der Waals surface area contributed by atoms with Crippen molar-refractivity contribution in [2.45, 2.75) is 24.9 Å². The minimum absolute atomic E-state index is 0.0718. The van der Waals surface area contributed by atoms with E-state index in [0.717, 1.165) is 12.0 Å². The molecule has 6 atom stereocenters. The molecule has 3 amide bonds. The zero-order valence-electron chi connectivity index (χ0n) is 22.5. The molecule has 0 radical (unpaired) electrons. The highest BCUT2D eigenvalue weighted by Gasteiger charge is 2.65. The van der Waals surface area contributed by atoms with Crippen LogP contribution in [0, 0.1) is 23.7 Å². The molecule has 2 saturated heterocycles. The molecule has 4 aliphatic rings. The van der Waals surface area contributed by atoms with Crippen molar-refractivity contribution >= 4 is 17.7 Å². The van der Waals surface area contributed by atoms with Crippen LogP contribution in [0.15, 0.2) is 48.6 Å². The minimum atomic E-state index is -0.915. The van der Waals surface area contributed by atoms with Crippen molar-refractivity contribution in [3.63, 3.8) is 0 Å². The summed E-state index contributed by atoms with van der Waals surface area (Å²) in [5.74, 6) is 0.946. The largest absolute Gasteiger partial charge is 0.493 e. The Hall–Kier alpha value is -4.01. The van der Waals surface area contributed by atoms with Gasteiger partial charge in [0.25, 0.3) is 0 Å². The summed E-state index contributed by atoms with van der Waals surface area (Å²) < 4.78 is 22.0. The molecule has 9 nitrogen and oxygen atoms in total. The van der Waals surface area contributed by atoms with Crippen LogP contribution in [0.1, 0.15) is 23.6 Å². The fourth-order valence-electron chi connectivity index (χ4n) is 7.00. The van der Waals surface area contributed by atoms with Gasteiger partial charge in [-0.3, -0.25) is 19.3 Å². The molecule has 2 aromatic carbocycles. The third-order valence-electron chi connectivity index (χ3n) is 8.79. The molecule has 204 valence electrons. The molecule has 0 N–H and O–H groups in total. The molecule has 0 aromatic heterocycles. The van der Waals surface area contributed by atoms with Crippen LogP contribution < -0.4 is 18.9 Å². The predicted molar refractivity (Wildman–Crippen MR) is 141 cm³/mol. The summed E-state index contributed by atoms with van der Waals surface area (Å²) in [6.45, 7) is 0.381. The molecule has 9 heteroatoms. The quantitative estimate of drug-likeness (QED) is 0.278. The van der Waals surface area contributed by atoms with Gasteiger partial charge in [-0.2, -0.15) is 0 Å². The third kappa shape index (κ3) is 3.70. The fourth-order valence-corrected chi connectivity index (χ4v) is 7.00. The molecule has 6 rings (SSSR count). The van der Waals surface area contributed by atoms with Crippen LogP contribution in [0.3, 0.4) is 0 Å². The highest BCUT2D eigenvalue weighted by atomic mass is 16.5. The molecular formula is C30H32N2O7.